The molecule has 8 nitrogen and oxygen atoms in total. The van der Waals surface area contributed by atoms with Gasteiger partial charge in [-0.25, -0.2) is 4.79 Å². The average molecular weight is 396 g/mol. The van der Waals surface area contributed by atoms with Crippen LogP contribution >= 0.6 is 0 Å². The number of benzene rings is 2. The third-order valence-electron chi connectivity index (χ3n) is 5.10. The highest BCUT2D eigenvalue weighted by Gasteiger charge is 2.46. The van der Waals surface area contributed by atoms with Gasteiger partial charge in [0.25, 0.3) is 0 Å². The first-order valence-electron chi connectivity index (χ1n) is 9.17. The molecule has 29 heavy (non-hydrogen) atoms. The van der Waals surface area contributed by atoms with E-state index in [4.69, 9.17) is 14.2 Å². The summed E-state index contributed by atoms with van der Waals surface area (Å²) in [5, 5.41) is 2.81. The minimum atomic E-state index is -0.899. The number of cyclic esters (lactones) is 1. The number of carbonyl (C=O) groups is 3. The molecule has 0 bridgehead atoms. The van der Waals surface area contributed by atoms with Crippen molar-refractivity contribution in [2.45, 2.75) is 25.1 Å². The van der Waals surface area contributed by atoms with Gasteiger partial charge in [-0.3, -0.25) is 14.5 Å². The van der Waals surface area contributed by atoms with E-state index in [0.29, 0.717) is 34.7 Å². The van der Waals surface area contributed by atoms with E-state index in [1.54, 1.807) is 42.5 Å². The molecule has 2 aromatic carbocycles. The smallest absolute Gasteiger partial charge is 0.340 e. The van der Waals surface area contributed by atoms with Gasteiger partial charge < -0.3 is 19.5 Å². The number of fused-ring (bicyclic) bond motifs is 1. The first-order valence-corrected chi connectivity index (χ1v) is 9.17. The van der Waals surface area contributed by atoms with Crippen LogP contribution in [0.1, 0.15) is 35.0 Å². The van der Waals surface area contributed by atoms with Crippen molar-refractivity contribution in [3.63, 3.8) is 0 Å². The number of ether oxygens (including phenoxy) is 3. The highest BCUT2D eigenvalue weighted by Crippen LogP contribution is 2.38. The monoisotopic (exact) mass is 396 g/mol. The van der Waals surface area contributed by atoms with E-state index in [9.17, 15) is 14.4 Å². The Hall–Kier alpha value is -3.55. The number of nitrogens with one attached hydrogen (secondary N) is 1. The van der Waals surface area contributed by atoms with Crippen LogP contribution in [0.15, 0.2) is 42.5 Å². The van der Waals surface area contributed by atoms with Gasteiger partial charge in [-0.1, -0.05) is 18.2 Å². The number of nitrogens with zero attached hydrogens (tertiary/aromatic N) is 1. The zero-order chi connectivity index (χ0) is 20.5. The topological polar surface area (TPSA) is 94.2 Å². The molecule has 1 fully saturated rings. The Kier molecular flexibility index (Phi) is 4.84. The SMILES string of the molecule is COc1cc(NC(=O)[C@@H]2CCC(=O)N2C2OC(=O)c3ccccc32)cc(OC)c1. The number of rotatable bonds is 5. The number of carbonyl (C=O) groups excluding carboxylic acids is 3. The number of likely N-dealkylation sites (tertiary alicyclic amines) is 1. The number of methoxy groups -OCH3 is 2. The first-order chi connectivity index (χ1) is 14.0. The summed E-state index contributed by atoms with van der Waals surface area (Å²) in [6.45, 7) is 0. The van der Waals surface area contributed by atoms with Gasteiger partial charge in [0.15, 0.2) is 0 Å². The maximum atomic E-state index is 13.0. The molecule has 2 amide bonds. The van der Waals surface area contributed by atoms with Crippen LogP contribution in [0.3, 0.4) is 0 Å². The van der Waals surface area contributed by atoms with E-state index in [0.717, 1.165) is 0 Å². The summed E-state index contributed by atoms with van der Waals surface area (Å²) in [4.78, 5) is 39.1. The second-order valence-electron chi connectivity index (χ2n) is 6.79. The van der Waals surface area contributed by atoms with E-state index in [1.807, 2.05) is 0 Å². The van der Waals surface area contributed by atoms with Crippen LogP contribution in [0, 0.1) is 0 Å². The minimum Gasteiger partial charge on any atom is -0.497 e. The lowest BCUT2D eigenvalue weighted by molar-refractivity contribution is -0.144. The normalized spacial score (nSPS) is 20.3. The third kappa shape index (κ3) is 3.37. The molecule has 0 radical (unpaired) electrons. The fourth-order valence-electron chi connectivity index (χ4n) is 3.69. The fourth-order valence-corrected chi connectivity index (χ4v) is 3.69. The zero-order valence-electron chi connectivity index (χ0n) is 16.0. The molecule has 0 saturated carbocycles. The highest BCUT2D eigenvalue weighted by molar-refractivity contribution is 6.00. The standard InChI is InChI=1S/C21H20N2O6/c1-27-13-9-12(10-14(11-13)28-2)22-19(25)17-7-8-18(24)23(17)20-15-5-3-4-6-16(15)21(26)29-20/h3-6,9-11,17,20H,7-8H2,1-2H3,(H,22,25)/t17-,20?/m0/s1. The minimum absolute atomic E-state index is 0.204. The molecule has 150 valence electrons. The van der Waals surface area contributed by atoms with Crippen molar-refractivity contribution >= 4 is 23.5 Å². The molecule has 2 atom stereocenters. The lowest BCUT2D eigenvalue weighted by Crippen LogP contribution is -2.43. The quantitative estimate of drug-likeness (QED) is 0.781. The van der Waals surface area contributed by atoms with Crippen molar-refractivity contribution in [2.24, 2.45) is 0 Å². The largest absolute Gasteiger partial charge is 0.497 e. The van der Waals surface area contributed by atoms with Gasteiger partial charge in [0.2, 0.25) is 18.0 Å². The van der Waals surface area contributed by atoms with E-state index in [2.05, 4.69) is 5.32 Å². The number of amides is 2. The summed E-state index contributed by atoms with van der Waals surface area (Å²) in [7, 11) is 3.03. The van der Waals surface area contributed by atoms with Gasteiger partial charge >= 0.3 is 5.97 Å². The molecule has 4 rings (SSSR count). The second kappa shape index (κ2) is 7.46. The summed E-state index contributed by atoms with van der Waals surface area (Å²) >= 11 is 0. The van der Waals surface area contributed by atoms with Gasteiger partial charge in [-0.2, -0.15) is 0 Å². The predicted octanol–water partition coefficient (Wildman–Crippen LogP) is 2.50. The Bertz CT molecular complexity index is 967. The van der Waals surface area contributed by atoms with E-state index in [-0.39, 0.29) is 18.2 Å². The maximum absolute atomic E-state index is 13.0. The number of esters is 1. The van der Waals surface area contributed by atoms with Crippen LogP contribution in [0.4, 0.5) is 5.69 Å². The molecule has 2 aromatic rings. The number of hydrogen-bond acceptors (Lipinski definition) is 6. The Morgan fingerprint density at radius 2 is 1.79 bits per heavy atom. The Morgan fingerprint density at radius 1 is 1.10 bits per heavy atom. The summed E-state index contributed by atoms with van der Waals surface area (Å²) in [6, 6.07) is 11.1. The van der Waals surface area contributed by atoms with Crippen molar-refractivity contribution < 1.29 is 28.6 Å². The molecule has 0 aromatic heterocycles. The first kappa shape index (κ1) is 18.8. The van der Waals surface area contributed by atoms with Gasteiger partial charge in [0.05, 0.1) is 19.8 Å². The van der Waals surface area contributed by atoms with Crippen LogP contribution in [-0.2, 0) is 14.3 Å². The maximum Gasteiger partial charge on any atom is 0.340 e. The van der Waals surface area contributed by atoms with Crippen LogP contribution in [0.5, 0.6) is 11.5 Å². The van der Waals surface area contributed by atoms with Crippen molar-refractivity contribution in [3.8, 4) is 11.5 Å². The predicted molar refractivity (Wildman–Crippen MR) is 103 cm³/mol. The lowest BCUT2D eigenvalue weighted by Gasteiger charge is -2.29. The summed E-state index contributed by atoms with van der Waals surface area (Å²) in [5.41, 5.74) is 1.48. The molecule has 2 aliphatic rings. The van der Waals surface area contributed by atoms with Crippen molar-refractivity contribution in [2.75, 3.05) is 19.5 Å². The van der Waals surface area contributed by atoms with E-state index in [1.165, 1.54) is 19.1 Å². The highest BCUT2D eigenvalue weighted by atomic mass is 16.6. The molecule has 1 N–H and O–H groups in total. The fraction of sp³-hybridized carbons (Fsp3) is 0.286. The average Bonchev–Trinajstić information content (AvgIpc) is 3.27. The molecule has 0 spiro atoms. The van der Waals surface area contributed by atoms with Crippen LogP contribution in [-0.4, -0.2) is 42.9 Å². The van der Waals surface area contributed by atoms with Crippen LogP contribution < -0.4 is 14.8 Å². The van der Waals surface area contributed by atoms with Crippen LogP contribution in [0.25, 0.3) is 0 Å². The molecule has 1 saturated heterocycles. The van der Waals surface area contributed by atoms with Gasteiger partial charge in [0, 0.05) is 35.9 Å². The van der Waals surface area contributed by atoms with Gasteiger partial charge in [-0.05, 0) is 12.5 Å². The molecule has 1 unspecified atom stereocenters. The van der Waals surface area contributed by atoms with Gasteiger partial charge in [0.1, 0.15) is 17.5 Å². The Labute approximate surface area is 167 Å². The van der Waals surface area contributed by atoms with E-state index < -0.39 is 18.2 Å². The van der Waals surface area contributed by atoms with Crippen molar-refractivity contribution in [1.82, 2.24) is 4.90 Å². The molecule has 2 aliphatic heterocycles. The summed E-state index contributed by atoms with van der Waals surface area (Å²) < 4.78 is 15.9. The Balaban J connectivity index is 1.59. The van der Waals surface area contributed by atoms with Crippen molar-refractivity contribution in [3.05, 3.63) is 53.6 Å². The zero-order valence-corrected chi connectivity index (χ0v) is 16.0. The van der Waals surface area contributed by atoms with Crippen LogP contribution in [0.2, 0.25) is 0 Å². The molecule has 0 aliphatic carbocycles. The second-order valence-corrected chi connectivity index (χ2v) is 6.79. The van der Waals surface area contributed by atoms with Crippen molar-refractivity contribution in [1.29, 1.82) is 0 Å². The number of anilines is 1. The molecular weight excluding hydrogens is 376 g/mol. The van der Waals surface area contributed by atoms with E-state index >= 15 is 0 Å². The Morgan fingerprint density at radius 3 is 2.48 bits per heavy atom. The summed E-state index contributed by atoms with van der Waals surface area (Å²) in [5.74, 6) is -0.0493. The molecule has 8 heteroatoms. The third-order valence-corrected chi connectivity index (χ3v) is 5.10. The summed E-state index contributed by atoms with van der Waals surface area (Å²) in [6.07, 6.45) is -0.359. The van der Waals surface area contributed by atoms with Gasteiger partial charge in [-0.15, -0.1) is 0 Å². The molecule has 2 heterocycles. The molecular formula is C21H20N2O6. The lowest BCUT2D eigenvalue weighted by atomic mass is 10.1. The number of hydrogen-bond donors (Lipinski definition) is 1.